The van der Waals surface area contributed by atoms with Crippen molar-refractivity contribution < 1.29 is 4.74 Å². The predicted octanol–water partition coefficient (Wildman–Crippen LogP) is 5.58. The Bertz CT molecular complexity index is 921. The van der Waals surface area contributed by atoms with Gasteiger partial charge in [-0.1, -0.05) is 52.7 Å². The number of anilines is 3. The van der Waals surface area contributed by atoms with E-state index in [0.717, 1.165) is 80.3 Å². The molecule has 3 heterocycles. The number of morpholine rings is 1. The van der Waals surface area contributed by atoms with Gasteiger partial charge in [-0.25, -0.2) is 4.98 Å². The molecular formula is C26H38N6O. The minimum absolute atomic E-state index is 0.494. The standard InChI is InChI=1S/C24H32N6O.C2H6/c1-3-12-30(21-8-11-26-28-21)23-19(4-2)20(24(18-25)9-6-5-7-10-24)17-22(27-23)29-13-15-31-16-14-29;1-2/h4,8,11,17H,2-3,5-7,9-10,12-16H2,1H3,(H,26,28);1-2H3. The van der Waals surface area contributed by atoms with Crippen LogP contribution in [0.2, 0.25) is 0 Å². The van der Waals surface area contributed by atoms with Crippen molar-refractivity contribution in [3.8, 4) is 6.07 Å². The fourth-order valence-electron chi connectivity index (χ4n) is 4.85. The highest BCUT2D eigenvalue weighted by atomic mass is 16.5. The van der Waals surface area contributed by atoms with Crippen LogP contribution in [-0.4, -0.2) is 48.0 Å². The molecule has 1 saturated carbocycles. The van der Waals surface area contributed by atoms with E-state index in [4.69, 9.17) is 9.72 Å². The van der Waals surface area contributed by atoms with Gasteiger partial charge in [-0.2, -0.15) is 10.4 Å². The number of H-pyrrole nitrogens is 1. The maximum Gasteiger partial charge on any atom is 0.144 e. The summed E-state index contributed by atoms with van der Waals surface area (Å²) in [7, 11) is 0. The van der Waals surface area contributed by atoms with Gasteiger partial charge >= 0.3 is 0 Å². The molecule has 0 spiro atoms. The Morgan fingerprint density at radius 2 is 2.00 bits per heavy atom. The van der Waals surface area contributed by atoms with E-state index in [9.17, 15) is 5.26 Å². The molecule has 1 aliphatic heterocycles. The molecule has 0 bridgehead atoms. The van der Waals surface area contributed by atoms with Crippen molar-refractivity contribution in [3.05, 3.63) is 36.0 Å². The number of nitriles is 1. The smallest absolute Gasteiger partial charge is 0.144 e. The Balaban J connectivity index is 0.00000149. The van der Waals surface area contributed by atoms with Gasteiger partial charge in [0.05, 0.1) is 30.9 Å². The predicted molar refractivity (Wildman–Crippen MR) is 135 cm³/mol. The maximum absolute atomic E-state index is 10.4. The van der Waals surface area contributed by atoms with Gasteiger partial charge in [-0.3, -0.25) is 5.10 Å². The first-order valence-corrected chi connectivity index (χ1v) is 12.4. The maximum atomic E-state index is 10.4. The van der Waals surface area contributed by atoms with E-state index in [0.29, 0.717) is 13.2 Å². The SMILES string of the molecule is C=Cc1c(C2(C#N)CCCCC2)cc(N2CCOCC2)nc1N(CCC)c1ccn[nH]1.CC. The van der Waals surface area contributed by atoms with E-state index < -0.39 is 5.41 Å². The lowest BCUT2D eigenvalue weighted by atomic mass is 9.69. The van der Waals surface area contributed by atoms with Crippen LogP contribution in [-0.2, 0) is 10.2 Å². The zero-order chi connectivity index (χ0) is 23.7. The molecule has 0 amide bonds. The number of nitrogens with one attached hydrogen (secondary N) is 1. The van der Waals surface area contributed by atoms with Gasteiger partial charge in [-0.15, -0.1) is 0 Å². The Kier molecular flexibility index (Phi) is 8.90. The molecule has 1 saturated heterocycles. The Hall–Kier alpha value is -2.85. The second-order valence-corrected chi connectivity index (χ2v) is 8.42. The van der Waals surface area contributed by atoms with E-state index in [-0.39, 0.29) is 0 Å². The third-order valence-electron chi connectivity index (χ3n) is 6.48. The second-order valence-electron chi connectivity index (χ2n) is 8.42. The molecule has 1 N–H and O–H groups in total. The molecule has 0 aromatic carbocycles. The van der Waals surface area contributed by atoms with Gasteiger partial charge in [0.2, 0.25) is 0 Å². The molecule has 7 nitrogen and oxygen atoms in total. The molecule has 0 unspecified atom stereocenters. The van der Waals surface area contributed by atoms with Crippen LogP contribution >= 0.6 is 0 Å². The summed E-state index contributed by atoms with van der Waals surface area (Å²) in [5, 5.41) is 17.6. The monoisotopic (exact) mass is 450 g/mol. The minimum Gasteiger partial charge on any atom is -0.378 e. The van der Waals surface area contributed by atoms with Gasteiger partial charge in [0.15, 0.2) is 0 Å². The first kappa shape index (κ1) is 24.8. The summed E-state index contributed by atoms with van der Waals surface area (Å²) in [5.74, 6) is 2.66. The van der Waals surface area contributed by atoms with Crippen LogP contribution in [0.1, 0.15) is 70.4 Å². The summed E-state index contributed by atoms with van der Waals surface area (Å²) in [6.45, 7) is 14.1. The third kappa shape index (κ3) is 5.22. The van der Waals surface area contributed by atoms with Crippen LogP contribution in [0.25, 0.3) is 6.08 Å². The fourth-order valence-corrected chi connectivity index (χ4v) is 4.85. The van der Waals surface area contributed by atoms with Crippen molar-refractivity contribution in [2.45, 2.75) is 64.7 Å². The van der Waals surface area contributed by atoms with Crippen molar-refractivity contribution in [1.29, 1.82) is 5.26 Å². The number of rotatable bonds is 7. The molecule has 33 heavy (non-hydrogen) atoms. The number of hydrogen-bond acceptors (Lipinski definition) is 6. The molecular weight excluding hydrogens is 412 g/mol. The van der Waals surface area contributed by atoms with E-state index in [1.165, 1.54) is 6.42 Å². The minimum atomic E-state index is -0.494. The van der Waals surface area contributed by atoms with Gasteiger partial charge < -0.3 is 14.5 Å². The molecule has 2 fully saturated rings. The molecule has 1 aliphatic carbocycles. The first-order chi connectivity index (χ1) is 16.2. The van der Waals surface area contributed by atoms with Gasteiger partial charge in [-0.05, 0) is 30.9 Å². The van der Waals surface area contributed by atoms with Crippen molar-refractivity contribution in [2.24, 2.45) is 0 Å². The van der Waals surface area contributed by atoms with Crippen LogP contribution in [0.3, 0.4) is 0 Å². The molecule has 7 heteroatoms. The number of nitrogens with zero attached hydrogens (tertiary/aromatic N) is 5. The summed E-state index contributed by atoms with van der Waals surface area (Å²) in [6.07, 6.45) is 9.71. The van der Waals surface area contributed by atoms with Crippen LogP contribution in [0, 0.1) is 11.3 Å². The Labute approximate surface area is 198 Å². The van der Waals surface area contributed by atoms with Crippen LogP contribution in [0.4, 0.5) is 17.5 Å². The largest absolute Gasteiger partial charge is 0.378 e. The number of hydrogen-bond donors (Lipinski definition) is 1. The fraction of sp³-hybridized carbons (Fsp3) is 0.577. The van der Waals surface area contributed by atoms with Crippen molar-refractivity contribution in [3.63, 3.8) is 0 Å². The number of aromatic nitrogens is 3. The molecule has 178 valence electrons. The topological polar surface area (TPSA) is 81.1 Å². The molecule has 0 atom stereocenters. The second kappa shape index (κ2) is 11.9. The first-order valence-electron chi connectivity index (χ1n) is 12.4. The van der Waals surface area contributed by atoms with E-state index >= 15 is 0 Å². The lowest BCUT2D eigenvalue weighted by Gasteiger charge is -2.36. The van der Waals surface area contributed by atoms with Gasteiger partial charge in [0, 0.05) is 31.3 Å². The Morgan fingerprint density at radius 3 is 2.58 bits per heavy atom. The van der Waals surface area contributed by atoms with E-state index in [1.807, 2.05) is 26.0 Å². The summed E-state index contributed by atoms with van der Waals surface area (Å²) in [4.78, 5) is 9.58. The molecule has 2 aliphatic rings. The Morgan fingerprint density at radius 1 is 1.27 bits per heavy atom. The summed E-state index contributed by atoms with van der Waals surface area (Å²) in [5.41, 5.74) is 1.53. The summed E-state index contributed by atoms with van der Waals surface area (Å²) >= 11 is 0. The van der Waals surface area contributed by atoms with Gasteiger partial charge in [0.1, 0.15) is 17.5 Å². The highest BCUT2D eigenvalue weighted by Crippen LogP contribution is 2.44. The lowest BCUT2D eigenvalue weighted by molar-refractivity contribution is 0.122. The van der Waals surface area contributed by atoms with E-state index in [1.54, 1.807) is 6.20 Å². The third-order valence-corrected chi connectivity index (χ3v) is 6.48. The van der Waals surface area contributed by atoms with Crippen molar-refractivity contribution >= 4 is 23.5 Å². The van der Waals surface area contributed by atoms with Crippen molar-refractivity contribution in [1.82, 2.24) is 15.2 Å². The van der Waals surface area contributed by atoms with Crippen molar-refractivity contribution in [2.75, 3.05) is 42.6 Å². The van der Waals surface area contributed by atoms with Crippen LogP contribution in [0.5, 0.6) is 0 Å². The number of aromatic amines is 1. The average molecular weight is 451 g/mol. The van der Waals surface area contributed by atoms with E-state index in [2.05, 4.69) is 45.6 Å². The van der Waals surface area contributed by atoms with Crippen LogP contribution < -0.4 is 9.80 Å². The lowest BCUT2D eigenvalue weighted by Crippen LogP contribution is -2.38. The number of pyridine rings is 1. The molecule has 0 radical (unpaired) electrons. The zero-order valence-electron chi connectivity index (χ0n) is 20.4. The average Bonchev–Trinajstić information content (AvgIpc) is 3.43. The normalized spacial score (nSPS) is 17.5. The zero-order valence-corrected chi connectivity index (χ0v) is 20.4. The quantitative estimate of drug-likeness (QED) is 0.593. The van der Waals surface area contributed by atoms with Gasteiger partial charge in [0.25, 0.3) is 0 Å². The van der Waals surface area contributed by atoms with Crippen LogP contribution in [0.15, 0.2) is 24.9 Å². The summed E-state index contributed by atoms with van der Waals surface area (Å²) < 4.78 is 5.57. The molecule has 2 aromatic rings. The molecule has 4 rings (SSSR count). The highest BCUT2D eigenvalue weighted by Gasteiger charge is 2.38. The number of ether oxygens (including phenoxy) is 1. The summed E-state index contributed by atoms with van der Waals surface area (Å²) in [6, 6.07) is 6.83. The highest BCUT2D eigenvalue weighted by molar-refractivity contribution is 5.75. The molecule has 2 aromatic heterocycles.